The van der Waals surface area contributed by atoms with Crippen molar-refractivity contribution in [2.24, 2.45) is 47.3 Å². The predicted octanol–water partition coefficient (Wildman–Crippen LogP) is 8.80. The van der Waals surface area contributed by atoms with E-state index in [-0.39, 0.29) is 34.7 Å². The third-order valence-electron chi connectivity index (χ3n) is 13.8. The van der Waals surface area contributed by atoms with Crippen LogP contribution >= 0.6 is 0 Å². The molecule has 0 saturated heterocycles. The normalized spacial score (nSPS) is 41.5. The summed E-state index contributed by atoms with van der Waals surface area (Å²) in [6.45, 7) is 0. The van der Waals surface area contributed by atoms with Crippen LogP contribution in [0.5, 0.6) is 0 Å². The van der Waals surface area contributed by atoms with Gasteiger partial charge in [0.05, 0.1) is 11.8 Å². The molecule has 232 valence electrons. The summed E-state index contributed by atoms with van der Waals surface area (Å²) < 4.78 is 0. The lowest BCUT2D eigenvalue weighted by atomic mass is 9.52. The van der Waals surface area contributed by atoms with E-state index in [2.05, 4.69) is 70.5 Å². The summed E-state index contributed by atoms with van der Waals surface area (Å²) in [5, 5.41) is 0. The third-order valence-corrected chi connectivity index (χ3v) is 13.8. The quantitative estimate of drug-likeness (QED) is 0.337. The SMILES string of the molecule is O=C(C1CCCCC1C(=O)N(c1ccccc1)C12CC3CC(CC(C3)C1)C2)N(c1ccccc1)C12CC3CC(CC(C3)C1)C2. The Kier molecular flexibility index (Phi) is 6.58. The molecular formula is C40H50N2O2. The summed E-state index contributed by atoms with van der Waals surface area (Å²) in [6.07, 6.45) is 18.8. The van der Waals surface area contributed by atoms with Crippen LogP contribution in [0, 0.1) is 47.3 Å². The fraction of sp³-hybridized carbons (Fsp3) is 0.650. The van der Waals surface area contributed by atoms with E-state index in [9.17, 15) is 0 Å². The van der Waals surface area contributed by atoms with Gasteiger partial charge >= 0.3 is 0 Å². The molecule has 2 atom stereocenters. The summed E-state index contributed by atoms with van der Waals surface area (Å²) >= 11 is 0. The highest BCUT2D eigenvalue weighted by Gasteiger charge is 2.59. The number of hydrogen-bond donors (Lipinski definition) is 0. The van der Waals surface area contributed by atoms with E-state index in [0.717, 1.165) is 111 Å². The van der Waals surface area contributed by atoms with Gasteiger partial charge in [-0.3, -0.25) is 9.59 Å². The lowest BCUT2D eigenvalue weighted by molar-refractivity contribution is -0.137. The summed E-state index contributed by atoms with van der Waals surface area (Å²) in [7, 11) is 0. The van der Waals surface area contributed by atoms with Gasteiger partial charge in [0.25, 0.3) is 0 Å². The predicted molar refractivity (Wildman–Crippen MR) is 175 cm³/mol. The lowest BCUT2D eigenvalue weighted by Crippen LogP contribution is -2.65. The minimum atomic E-state index is -0.232. The molecule has 44 heavy (non-hydrogen) atoms. The Labute approximate surface area is 264 Å². The summed E-state index contributed by atoms with van der Waals surface area (Å²) in [5.41, 5.74) is 1.99. The number of anilines is 2. The Hall–Kier alpha value is -2.62. The van der Waals surface area contributed by atoms with Crippen LogP contribution in [0.25, 0.3) is 0 Å². The Bertz CT molecular complexity index is 1220. The van der Waals surface area contributed by atoms with Gasteiger partial charge in [-0.05, 0) is 150 Å². The minimum absolute atomic E-state index is 0.0721. The van der Waals surface area contributed by atoms with Crippen molar-refractivity contribution < 1.29 is 9.59 Å². The van der Waals surface area contributed by atoms with E-state index in [1.165, 1.54) is 38.5 Å². The molecule has 11 rings (SSSR count). The van der Waals surface area contributed by atoms with Gasteiger partial charge in [0, 0.05) is 22.5 Å². The molecule has 0 aliphatic heterocycles. The zero-order valence-corrected chi connectivity index (χ0v) is 26.4. The Morgan fingerprint density at radius 2 is 0.773 bits per heavy atom. The van der Waals surface area contributed by atoms with Gasteiger partial charge in [-0.1, -0.05) is 49.2 Å². The van der Waals surface area contributed by atoms with Crippen LogP contribution in [0.2, 0.25) is 0 Å². The average molecular weight is 591 g/mol. The molecule has 0 spiro atoms. The van der Waals surface area contributed by atoms with Crippen molar-refractivity contribution in [3.63, 3.8) is 0 Å². The highest BCUT2D eigenvalue weighted by molar-refractivity contribution is 6.03. The van der Waals surface area contributed by atoms with E-state index in [1.807, 2.05) is 0 Å². The first-order chi connectivity index (χ1) is 21.5. The molecule has 0 N–H and O–H groups in total. The number of carbonyl (C=O) groups excluding carboxylic acids is 2. The molecule has 9 fully saturated rings. The molecule has 9 aliphatic rings. The molecule has 0 aromatic heterocycles. The second kappa shape index (κ2) is 10.5. The first-order valence-corrected chi connectivity index (χ1v) is 18.3. The van der Waals surface area contributed by atoms with Crippen molar-refractivity contribution >= 4 is 23.2 Å². The number of hydrogen-bond acceptors (Lipinski definition) is 2. The largest absolute Gasteiger partial charge is 0.306 e. The Morgan fingerprint density at radius 3 is 1.07 bits per heavy atom. The number of rotatable bonds is 6. The number of benzene rings is 2. The molecule has 4 nitrogen and oxygen atoms in total. The van der Waals surface area contributed by atoms with Crippen molar-refractivity contribution in [1.82, 2.24) is 0 Å². The van der Waals surface area contributed by atoms with E-state index in [1.54, 1.807) is 0 Å². The number of carbonyl (C=O) groups is 2. The highest BCUT2D eigenvalue weighted by atomic mass is 16.2. The lowest BCUT2D eigenvalue weighted by Gasteiger charge is -2.61. The van der Waals surface area contributed by atoms with Gasteiger partial charge in [-0.2, -0.15) is 0 Å². The molecule has 0 heterocycles. The minimum Gasteiger partial charge on any atom is -0.306 e. The summed E-state index contributed by atoms with van der Waals surface area (Å²) in [4.78, 5) is 35.2. The number of amides is 2. The van der Waals surface area contributed by atoms with Crippen LogP contribution in [0.15, 0.2) is 60.7 Å². The molecule has 2 aromatic carbocycles. The van der Waals surface area contributed by atoms with Gasteiger partial charge < -0.3 is 9.80 Å². The fourth-order valence-corrected chi connectivity index (χ4v) is 13.2. The molecule has 9 aliphatic carbocycles. The van der Waals surface area contributed by atoms with Crippen LogP contribution in [0.4, 0.5) is 11.4 Å². The van der Waals surface area contributed by atoms with Gasteiger partial charge in [-0.25, -0.2) is 0 Å². The summed E-state index contributed by atoms with van der Waals surface area (Å²) in [5.74, 6) is 4.60. The van der Waals surface area contributed by atoms with E-state index < -0.39 is 0 Å². The standard InChI is InChI=1S/C40H50N2O2/c43-37(41(33-9-3-1-4-10-33)39-21-27-15-28(22-39)17-29(16-27)23-39)35-13-7-8-14-36(35)38(44)42(34-11-5-2-6-12-34)40-24-30-18-31(25-40)20-32(19-30)26-40/h1-6,9-12,27-32,35-36H,7-8,13-26H2. The molecular weight excluding hydrogens is 540 g/mol. The zero-order valence-electron chi connectivity index (χ0n) is 26.4. The zero-order chi connectivity index (χ0) is 29.5. The molecule has 0 radical (unpaired) electrons. The molecule has 2 unspecified atom stereocenters. The van der Waals surface area contributed by atoms with Crippen LogP contribution < -0.4 is 9.80 Å². The average Bonchev–Trinajstić information content (AvgIpc) is 3.01. The van der Waals surface area contributed by atoms with Crippen LogP contribution in [0.1, 0.15) is 103 Å². The van der Waals surface area contributed by atoms with Crippen molar-refractivity contribution in [1.29, 1.82) is 0 Å². The topological polar surface area (TPSA) is 40.6 Å². The smallest absolute Gasteiger partial charge is 0.231 e. The summed E-state index contributed by atoms with van der Waals surface area (Å²) in [6, 6.07) is 21.2. The highest BCUT2D eigenvalue weighted by Crippen LogP contribution is 2.60. The monoisotopic (exact) mass is 590 g/mol. The van der Waals surface area contributed by atoms with E-state index in [4.69, 9.17) is 0 Å². The van der Waals surface area contributed by atoms with Crippen LogP contribution in [-0.2, 0) is 9.59 Å². The third kappa shape index (κ3) is 4.43. The van der Waals surface area contributed by atoms with Crippen LogP contribution in [0.3, 0.4) is 0 Å². The second-order valence-electron chi connectivity index (χ2n) is 16.8. The fourth-order valence-electron chi connectivity index (χ4n) is 13.2. The van der Waals surface area contributed by atoms with Crippen molar-refractivity contribution in [2.45, 2.75) is 114 Å². The van der Waals surface area contributed by atoms with E-state index >= 15 is 9.59 Å². The molecule has 2 aromatic rings. The maximum atomic E-state index is 15.3. The van der Waals surface area contributed by atoms with Gasteiger partial charge in [0.2, 0.25) is 11.8 Å². The number of para-hydroxylation sites is 2. The Morgan fingerprint density at radius 1 is 0.477 bits per heavy atom. The van der Waals surface area contributed by atoms with Gasteiger partial charge in [0.1, 0.15) is 0 Å². The maximum absolute atomic E-state index is 15.3. The van der Waals surface area contributed by atoms with Crippen LogP contribution in [-0.4, -0.2) is 22.9 Å². The molecule has 8 bridgehead atoms. The molecule has 9 saturated carbocycles. The van der Waals surface area contributed by atoms with Crippen molar-refractivity contribution in [2.75, 3.05) is 9.80 Å². The first-order valence-electron chi connectivity index (χ1n) is 18.3. The Balaban J connectivity index is 1.09. The van der Waals surface area contributed by atoms with Crippen molar-refractivity contribution in [3.05, 3.63) is 60.7 Å². The second-order valence-corrected chi connectivity index (χ2v) is 16.8. The first kappa shape index (κ1) is 27.7. The number of nitrogens with zero attached hydrogens (tertiary/aromatic N) is 2. The van der Waals surface area contributed by atoms with E-state index in [0.29, 0.717) is 0 Å². The van der Waals surface area contributed by atoms with Gasteiger partial charge in [0.15, 0.2) is 0 Å². The van der Waals surface area contributed by atoms with Crippen molar-refractivity contribution in [3.8, 4) is 0 Å². The molecule has 2 amide bonds. The van der Waals surface area contributed by atoms with Gasteiger partial charge in [-0.15, -0.1) is 0 Å². The maximum Gasteiger partial charge on any atom is 0.231 e. The molecule has 4 heteroatoms.